The smallest absolute Gasteiger partial charge is 0.243 e. The van der Waals surface area contributed by atoms with E-state index in [9.17, 15) is 14.4 Å². The van der Waals surface area contributed by atoms with E-state index in [1.807, 2.05) is 20.8 Å². The van der Waals surface area contributed by atoms with Crippen molar-refractivity contribution < 1.29 is 14.4 Å². The van der Waals surface area contributed by atoms with Gasteiger partial charge in [-0.1, -0.05) is 41.0 Å². The first kappa shape index (κ1) is 30.5. The van der Waals surface area contributed by atoms with Crippen molar-refractivity contribution >= 4 is 17.6 Å². The standard InChI is InChI=1S/C24H49N5O3/c1-6-11-22(30)20(13-8-10-15-27-18(4)5)28-24(32)21(16-17(2)3)29-23(31)19(26)12-7-9-14-25/h17-21,27H,6-16,25-26H2,1-5H3,(H,28,32)(H,29,31)/t19-,20-,21-/m1/s1. The molecule has 0 aromatic rings. The molecule has 0 rings (SSSR count). The molecule has 188 valence electrons. The van der Waals surface area contributed by atoms with Gasteiger partial charge in [0.25, 0.3) is 0 Å². The van der Waals surface area contributed by atoms with Crippen molar-refractivity contribution in [2.24, 2.45) is 17.4 Å². The Balaban J connectivity index is 5.01. The summed E-state index contributed by atoms with van der Waals surface area (Å²) in [7, 11) is 0. The fourth-order valence-corrected chi connectivity index (χ4v) is 3.49. The lowest BCUT2D eigenvalue weighted by Gasteiger charge is -2.25. The molecule has 0 aliphatic heterocycles. The molecule has 0 radical (unpaired) electrons. The summed E-state index contributed by atoms with van der Waals surface area (Å²) < 4.78 is 0. The largest absolute Gasteiger partial charge is 0.345 e. The fraction of sp³-hybridized carbons (Fsp3) is 0.875. The van der Waals surface area contributed by atoms with Crippen LogP contribution >= 0.6 is 0 Å². The van der Waals surface area contributed by atoms with E-state index in [0.29, 0.717) is 38.3 Å². The highest BCUT2D eigenvalue weighted by Gasteiger charge is 2.28. The number of Topliss-reactive ketones (excluding diaryl/α,β-unsaturated/α-hetero) is 1. The van der Waals surface area contributed by atoms with Crippen LogP contribution in [0.3, 0.4) is 0 Å². The highest BCUT2D eigenvalue weighted by atomic mass is 16.2. The minimum atomic E-state index is -0.706. The van der Waals surface area contributed by atoms with E-state index in [4.69, 9.17) is 11.5 Å². The minimum absolute atomic E-state index is 0.0470. The number of nitrogens with two attached hydrogens (primary N) is 2. The van der Waals surface area contributed by atoms with Gasteiger partial charge in [0.05, 0.1) is 12.1 Å². The van der Waals surface area contributed by atoms with Gasteiger partial charge in [-0.25, -0.2) is 0 Å². The summed E-state index contributed by atoms with van der Waals surface area (Å²) in [5.74, 6) is -0.396. The van der Waals surface area contributed by atoms with Crippen molar-refractivity contribution in [2.45, 2.75) is 117 Å². The third kappa shape index (κ3) is 14.5. The number of amides is 2. The number of hydrogen-bond donors (Lipinski definition) is 5. The molecule has 0 heterocycles. The molecule has 0 saturated carbocycles. The van der Waals surface area contributed by atoms with E-state index in [1.54, 1.807) is 0 Å². The molecule has 0 fully saturated rings. The number of carbonyl (C=O) groups excluding carboxylic acids is 3. The zero-order chi connectivity index (χ0) is 24.5. The van der Waals surface area contributed by atoms with Crippen LogP contribution < -0.4 is 27.4 Å². The van der Waals surface area contributed by atoms with Gasteiger partial charge < -0.3 is 27.4 Å². The number of hydrogen-bond acceptors (Lipinski definition) is 6. The summed E-state index contributed by atoms with van der Waals surface area (Å²) in [5.41, 5.74) is 11.5. The van der Waals surface area contributed by atoms with Crippen LogP contribution in [-0.4, -0.2) is 54.9 Å². The Labute approximate surface area is 195 Å². The van der Waals surface area contributed by atoms with Crippen molar-refractivity contribution in [3.05, 3.63) is 0 Å². The maximum atomic E-state index is 13.0. The van der Waals surface area contributed by atoms with Gasteiger partial charge in [0.1, 0.15) is 6.04 Å². The maximum Gasteiger partial charge on any atom is 0.243 e. The molecule has 0 saturated heterocycles. The third-order valence-electron chi connectivity index (χ3n) is 5.32. The Kier molecular flexibility index (Phi) is 17.1. The van der Waals surface area contributed by atoms with Gasteiger partial charge >= 0.3 is 0 Å². The van der Waals surface area contributed by atoms with E-state index < -0.39 is 18.1 Å². The molecule has 0 aromatic heterocycles. The van der Waals surface area contributed by atoms with Crippen LogP contribution in [0.25, 0.3) is 0 Å². The second-order valence-corrected chi connectivity index (χ2v) is 9.46. The summed E-state index contributed by atoms with van der Waals surface area (Å²) in [6.07, 6.45) is 6.15. The molecule has 2 amide bonds. The summed E-state index contributed by atoms with van der Waals surface area (Å²) in [6.45, 7) is 11.6. The van der Waals surface area contributed by atoms with Gasteiger partial charge in [0.2, 0.25) is 11.8 Å². The average Bonchev–Trinajstić information content (AvgIpc) is 2.71. The second kappa shape index (κ2) is 18.0. The molecule has 0 spiro atoms. The number of ketones is 1. The maximum absolute atomic E-state index is 13.0. The Morgan fingerprint density at radius 1 is 0.844 bits per heavy atom. The van der Waals surface area contributed by atoms with E-state index in [0.717, 1.165) is 38.6 Å². The first-order chi connectivity index (χ1) is 15.1. The third-order valence-corrected chi connectivity index (χ3v) is 5.32. The number of rotatable bonds is 19. The van der Waals surface area contributed by atoms with Crippen LogP contribution in [0.4, 0.5) is 0 Å². The Hall–Kier alpha value is -1.51. The molecule has 3 atom stereocenters. The van der Waals surface area contributed by atoms with E-state index in [2.05, 4.69) is 29.8 Å². The summed E-state index contributed by atoms with van der Waals surface area (Å²) in [6, 6.07) is -1.47. The van der Waals surface area contributed by atoms with Crippen LogP contribution in [0.2, 0.25) is 0 Å². The quantitative estimate of drug-likeness (QED) is 0.189. The number of nitrogens with one attached hydrogen (secondary N) is 3. The second-order valence-electron chi connectivity index (χ2n) is 9.46. The van der Waals surface area contributed by atoms with Crippen LogP contribution in [0.1, 0.15) is 92.4 Å². The minimum Gasteiger partial charge on any atom is -0.345 e. The van der Waals surface area contributed by atoms with Crippen molar-refractivity contribution in [3.63, 3.8) is 0 Å². The van der Waals surface area contributed by atoms with Gasteiger partial charge in [-0.05, 0) is 64.0 Å². The first-order valence-corrected chi connectivity index (χ1v) is 12.4. The van der Waals surface area contributed by atoms with Gasteiger partial charge in [-0.3, -0.25) is 14.4 Å². The monoisotopic (exact) mass is 455 g/mol. The lowest BCUT2D eigenvalue weighted by Crippen LogP contribution is -2.54. The first-order valence-electron chi connectivity index (χ1n) is 12.4. The zero-order valence-corrected chi connectivity index (χ0v) is 21.0. The Bertz CT molecular complexity index is 540. The van der Waals surface area contributed by atoms with Crippen LogP contribution in [0.15, 0.2) is 0 Å². The molecular weight excluding hydrogens is 406 g/mol. The van der Waals surface area contributed by atoms with E-state index in [-0.39, 0.29) is 23.5 Å². The highest BCUT2D eigenvalue weighted by Crippen LogP contribution is 2.10. The normalized spacial score (nSPS) is 14.3. The van der Waals surface area contributed by atoms with E-state index >= 15 is 0 Å². The van der Waals surface area contributed by atoms with Crippen LogP contribution in [0, 0.1) is 5.92 Å². The van der Waals surface area contributed by atoms with Gasteiger partial charge in [-0.2, -0.15) is 0 Å². The van der Waals surface area contributed by atoms with Crippen molar-refractivity contribution in [1.82, 2.24) is 16.0 Å². The predicted octanol–water partition coefficient (Wildman–Crippen LogP) is 2.00. The zero-order valence-electron chi connectivity index (χ0n) is 21.0. The Morgan fingerprint density at radius 2 is 1.47 bits per heavy atom. The molecule has 0 bridgehead atoms. The fourth-order valence-electron chi connectivity index (χ4n) is 3.49. The molecule has 8 nitrogen and oxygen atoms in total. The SMILES string of the molecule is CCCC(=O)[C@@H](CCCCNC(C)C)NC(=O)[C@@H](CC(C)C)NC(=O)[C@H](N)CCCCN. The van der Waals surface area contributed by atoms with Gasteiger partial charge in [0, 0.05) is 12.5 Å². The number of carbonyl (C=O) groups is 3. The highest BCUT2D eigenvalue weighted by molar-refractivity contribution is 5.93. The summed E-state index contributed by atoms with van der Waals surface area (Å²) in [4.78, 5) is 38.2. The van der Waals surface area contributed by atoms with E-state index in [1.165, 1.54) is 0 Å². The number of unbranched alkanes of at least 4 members (excludes halogenated alkanes) is 2. The van der Waals surface area contributed by atoms with Crippen molar-refractivity contribution in [1.29, 1.82) is 0 Å². The molecule has 32 heavy (non-hydrogen) atoms. The van der Waals surface area contributed by atoms with Crippen molar-refractivity contribution in [2.75, 3.05) is 13.1 Å². The van der Waals surface area contributed by atoms with Gasteiger partial charge in [0.15, 0.2) is 5.78 Å². The molecular formula is C24H49N5O3. The molecule has 0 unspecified atom stereocenters. The molecule has 0 aromatic carbocycles. The predicted molar refractivity (Wildman–Crippen MR) is 131 cm³/mol. The molecule has 0 aliphatic carbocycles. The molecule has 8 heteroatoms. The van der Waals surface area contributed by atoms with Gasteiger partial charge in [-0.15, -0.1) is 0 Å². The molecule has 0 aliphatic rings. The summed E-state index contributed by atoms with van der Waals surface area (Å²) in [5, 5.41) is 9.10. The Morgan fingerprint density at radius 3 is 2.03 bits per heavy atom. The topological polar surface area (TPSA) is 139 Å². The van der Waals surface area contributed by atoms with Crippen LogP contribution in [-0.2, 0) is 14.4 Å². The average molecular weight is 456 g/mol. The summed E-state index contributed by atoms with van der Waals surface area (Å²) >= 11 is 0. The van der Waals surface area contributed by atoms with Crippen molar-refractivity contribution in [3.8, 4) is 0 Å². The molecule has 7 N–H and O–H groups in total. The lowest BCUT2D eigenvalue weighted by molar-refractivity contribution is -0.132. The van der Waals surface area contributed by atoms with Crippen LogP contribution in [0.5, 0.6) is 0 Å². The lowest BCUT2D eigenvalue weighted by atomic mass is 9.99.